The monoisotopic (exact) mass is 966 g/mol. The predicted octanol–water partition coefficient (Wildman–Crippen LogP) is 20.1. The van der Waals surface area contributed by atoms with Crippen LogP contribution < -0.4 is 9.05 Å². The maximum atomic E-state index is 7.46. The first-order chi connectivity index (χ1) is 33.2. The molecule has 0 fully saturated rings. The average molecular weight is 967 g/mol. The van der Waals surface area contributed by atoms with Gasteiger partial charge < -0.3 is 25.8 Å². The molecule has 8 aromatic carbocycles. The number of hydrogen-bond donors (Lipinski definition) is 0. The quantitative estimate of drug-likeness (QED) is 0.171. The summed E-state index contributed by atoms with van der Waals surface area (Å²) >= 11 is 0. The summed E-state index contributed by atoms with van der Waals surface area (Å²) in [6, 6.07) is 21.4. The second kappa shape index (κ2) is 17.2. The SMILES string of the molecule is Cc1cc2ccccc2c(-c2c(Op3oc4c(C)c(C)c(C)c(C)c4c4c(C)c(C)c(C)c(C)c4o3)c(C)cc3ccccc23)c1Op1oc2c(C)c(C)c(C)c(C)c2c2c(C)c(C)c(C)c(C)c2o1. The lowest BCUT2D eigenvalue weighted by atomic mass is 9.89. The lowest BCUT2D eigenvalue weighted by Crippen LogP contribution is -1.97. The Morgan fingerprint density at radius 1 is 0.300 bits per heavy atom. The van der Waals surface area contributed by atoms with Crippen molar-refractivity contribution in [1.82, 2.24) is 0 Å². The zero-order valence-electron chi connectivity index (χ0n) is 44.1. The largest absolute Gasteiger partial charge is 0.453 e. The lowest BCUT2D eigenvalue weighted by molar-refractivity contribution is 0.491. The van der Waals surface area contributed by atoms with E-state index in [1.807, 2.05) is 0 Å². The Labute approximate surface area is 413 Å². The van der Waals surface area contributed by atoms with E-state index in [1.165, 1.54) is 66.8 Å². The molecule has 2 heterocycles. The van der Waals surface area contributed by atoms with Crippen molar-refractivity contribution in [3.63, 3.8) is 0 Å². The summed E-state index contributed by atoms with van der Waals surface area (Å²) < 4.78 is 43.8. The highest BCUT2D eigenvalue weighted by Gasteiger charge is 2.28. The van der Waals surface area contributed by atoms with Gasteiger partial charge in [-0.15, -0.1) is 0 Å². The van der Waals surface area contributed by atoms with E-state index >= 15 is 0 Å². The summed E-state index contributed by atoms with van der Waals surface area (Å²) in [4.78, 5) is 0. The molecule has 0 unspecified atom stereocenters. The van der Waals surface area contributed by atoms with Gasteiger partial charge in [0.05, 0.1) is 0 Å². The molecule has 70 heavy (non-hydrogen) atoms. The number of benzene rings is 8. The van der Waals surface area contributed by atoms with Crippen LogP contribution in [0.4, 0.5) is 0 Å². The minimum absolute atomic E-state index is 0.660. The van der Waals surface area contributed by atoms with Crippen molar-refractivity contribution in [2.45, 2.75) is 125 Å². The fourth-order valence-corrected chi connectivity index (χ4v) is 13.5. The molecular formula is C62H64O6P2. The minimum atomic E-state index is -2.08. The Morgan fingerprint density at radius 2 is 0.543 bits per heavy atom. The molecule has 0 atom stereocenters. The van der Waals surface area contributed by atoms with E-state index in [9.17, 15) is 0 Å². The summed E-state index contributed by atoms with van der Waals surface area (Å²) in [6.07, 6.45) is 0. The van der Waals surface area contributed by atoms with Crippen molar-refractivity contribution in [1.29, 1.82) is 0 Å². The van der Waals surface area contributed by atoms with E-state index in [-0.39, 0.29) is 0 Å². The molecule has 0 aliphatic carbocycles. The first-order valence-corrected chi connectivity index (χ1v) is 26.6. The van der Waals surface area contributed by atoms with Gasteiger partial charge in [0.25, 0.3) is 0 Å². The summed E-state index contributed by atoms with van der Waals surface area (Å²) in [6.45, 7) is 39.2. The van der Waals surface area contributed by atoms with Gasteiger partial charge in [-0.1, -0.05) is 48.5 Å². The van der Waals surface area contributed by atoms with Crippen LogP contribution in [0, 0.1) is 125 Å². The predicted molar refractivity (Wildman–Crippen MR) is 297 cm³/mol. The molecule has 0 amide bonds. The molecule has 0 N–H and O–H groups in total. The molecular weight excluding hydrogens is 903 g/mol. The van der Waals surface area contributed by atoms with Gasteiger partial charge in [-0.2, -0.15) is 0 Å². The van der Waals surface area contributed by atoms with Gasteiger partial charge in [0.1, 0.15) is 33.8 Å². The van der Waals surface area contributed by atoms with E-state index in [1.54, 1.807) is 0 Å². The van der Waals surface area contributed by atoms with Crippen LogP contribution in [-0.4, -0.2) is 0 Å². The van der Waals surface area contributed by atoms with Gasteiger partial charge in [0.2, 0.25) is 0 Å². The number of hydrogen-bond acceptors (Lipinski definition) is 6. The zero-order chi connectivity index (χ0) is 50.1. The second-order valence-corrected chi connectivity index (χ2v) is 22.0. The third-order valence-corrected chi connectivity index (χ3v) is 18.6. The van der Waals surface area contributed by atoms with Crippen LogP contribution in [0.5, 0.6) is 11.5 Å². The maximum absolute atomic E-state index is 7.46. The van der Waals surface area contributed by atoms with E-state index in [4.69, 9.17) is 25.8 Å². The van der Waals surface area contributed by atoms with Gasteiger partial charge in [0.15, 0.2) is 0 Å². The first kappa shape index (κ1) is 47.4. The third kappa shape index (κ3) is 7.03. The normalized spacial score (nSPS) is 11.9. The smallest absolute Gasteiger partial charge is 0.390 e. The van der Waals surface area contributed by atoms with Crippen molar-refractivity contribution in [3.8, 4) is 22.6 Å². The number of rotatable bonds is 5. The Morgan fingerprint density at radius 3 is 0.814 bits per heavy atom. The van der Waals surface area contributed by atoms with Crippen LogP contribution in [0.3, 0.4) is 0 Å². The molecule has 0 aliphatic rings. The van der Waals surface area contributed by atoms with Crippen molar-refractivity contribution in [3.05, 3.63) is 161 Å². The van der Waals surface area contributed by atoms with E-state index in [0.717, 1.165) is 110 Å². The highest BCUT2D eigenvalue weighted by molar-refractivity contribution is 7.32. The summed E-state index contributed by atoms with van der Waals surface area (Å²) in [5.74, 6) is 1.32. The first-order valence-electron chi connectivity index (χ1n) is 24.4. The van der Waals surface area contributed by atoms with E-state index in [2.05, 4.69) is 185 Å². The Hall–Kier alpha value is -6.32. The maximum Gasteiger partial charge on any atom is 0.453 e. The molecule has 0 saturated carbocycles. The fourth-order valence-electron chi connectivity index (χ4n) is 11.0. The van der Waals surface area contributed by atoms with Gasteiger partial charge in [-0.05, 0) is 258 Å². The second-order valence-electron chi connectivity index (χ2n) is 20.0. The third-order valence-electron chi connectivity index (χ3n) is 16.6. The summed E-state index contributed by atoms with van der Waals surface area (Å²) in [7, 11) is -4.15. The number of aryl methyl sites for hydroxylation is 10. The van der Waals surface area contributed by atoms with Gasteiger partial charge in [-0.25, -0.2) is 0 Å². The van der Waals surface area contributed by atoms with Crippen LogP contribution >= 0.6 is 16.5 Å². The highest BCUT2D eigenvalue weighted by Crippen LogP contribution is 2.54. The summed E-state index contributed by atoms with van der Waals surface area (Å²) in [5.41, 5.74) is 25.7. The molecule has 8 heteroatoms. The van der Waals surface area contributed by atoms with Crippen LogP contribution in [0.25, 0.3) is 76.5 Å². The number of fused-ring (bicyclic) bond motifs is 8. The van der Waals surface area contributed by atoms with Crippen LogP contribution in [0.1, 0.15) is 100 Å². The minimum Gasteiger partial charge on any atom is -0.390 e. The van der Waals surface area contributed by atoms with Crippen molar-refractivity contribution in [2.24, 2.45) is 0 Å². The van der Waals surface area contributed by atoms with E-state index in [0.29, 0.717) is 11.5 Å². The molecule has 0 saturated heterocycles. The Balaban J connectivity index is 1.33. The lowest BCUT2D eigenvalue weighted by Gasteiger charge is -2.21. The molecule has 0 bridgehead atoms. The summed E-state index contributed by atoms with van der Waals surface area (Å²) in [5, 5.41) is 8.45. The van der Waals surface area contributed by atoms with Gasteiger partial charge in [-0.3, -0.25) is 0 Å². The van der Waals surface area contributed by atoms with Crippen molar-refractivity contribution in [2.75, 3.05) is 0 Å². The highest BCUT2D eigenvalue weighted by atomic mass is 31.1. The Bertz CT molecular complexity index is 3610. The topological polar surface area (TPSA) is 71.0 Å². The molecule has 358 valence electrons. The zero-order valence-corrected chi connectivity index (χ0v) is 45.9. The van der Waals surface area contributed by atoms with Crippen LogP contribution in [-0.2, 0) is 0 Å². The molecule has 10 rings (SSSR count). The average Bonchev–Trinajstić information content (AvgIpc) is 3.63. The standard InChI is InChI=1S/C62H64O6P2/c1-29-27-47-23-19-21-25-49(47)55(57(29)63-69-65-59-43(15)35(7)31(3)39(11)51(59)52-40(12)32(4)36(8)44(16)60(52)66-69)56-50-26-22-20-24-48(50)28-30(2)58(56)64-70-67-61-45(17)37(9)33(5)41(13)53(61)54-42(14)34(6)38(10)46(18)62(54)68-70/h19-28H,1-18H3. The van der Waals surface area contributed by atoms with Crippen molar-refractivity contribution >= 4 is 81.9 Å². The fraction of sp³-hybridized carbons (Fsp3) is 0.290. The molecule has 0 aliphatic heterocycles. The van der Waals surface area contributed by atoms with Crippen LogP contribution in [0.15, 0.2) is 77.5 Å². The Kier molecular flexibility index (Phi) is 11.7. The molecule has 0 spiro atoms. The molecule has 6 nitrogen and oxygen atoms in total. The molecule has 0 radical (unpaired) electrons. The molecule has 10 aromatic rings. The molecule has 2 aromatic heterocycles. The van der Waals surface area contributed by atoms with Crippen molar-refractivity contribution < 1.29 is 25.8 Å². The van der Waals surface area contributed by atoms with Gasteiger partial charge >= 0.3 is 16.5 Å². The van der Waals surface area contributed by atoms with Gasteiger partial charge in [0, 0.05) is 32.7 Å². The van der Waals surface area contributed by atoms with E-state index < -0.39 is 16.5 Å². The van der Waals surface area contributed by atoms with Crippen LogP contribution in [0.2, 0.25) is 0 Å².